The number of allylic oxidation sites excluding steroid dienone is 8. The maximum atomic E-state index is 5.69. The summed E-state index contributed by atoms with van der Waals surface area (Å²) in [5, 5.41) is 7.77. The van der Waals surface area contributed by atoms with Gasteiger partial charge in [0.1, 0.15) is 0 Å². The Labute approximate surface area is 204 Å². The lowest BCUT2D eigenvalue weighted by Gasteiger charge is -2.20. The largest absolute Gasteiger partial charge is 0.403 e. The summed E-state index contributed by atoms with van der Waals surface area (Å²) in [7, 11) is 0. The molecule has 178 valence electrons. The van der Waals surface area contributed by atoms with E-state index in [-0.39, 0.29) is 5.92 Å². The van der Waals surface area contributed by atoms with E-state index >= 15 is 0 Å². The molecule has 1 atom stereocenters. The lowest BCUT2D eigenvalue weighted by atomic mass is 9.86. The molecule has 1 aliphatic carbocycles. The Morgan fingerprint density at radius 1 is 1.32 bits per heavy atom. The molecule has 0 saturated heterocycles. The van der Waals surface area contributed by atoms with Gasteiger partial charge in [0.15, 0.2) is 0 Å². The summed E-state index contributed by atoms with van der Waals surface area (Å²) in [5.41, 5.74) is 13.8. The van der Waals surface area contributed by atoms with Crippen molar-refractivity contribution in [1.82, 2.24) is 15.1 Å². The fraction of sp³-hybridized carbons (Fsp3) is 0.379. The molecule has 3 N–H and O–H groups in total. The van der Waals surface area contributed by atoms with Crippen LogP contribution in [-0.4, -0.2) is 15.5 Å². The van der Waals surface area contributed by atoms with Gasteiger partial charge in [-0.15, -0.1) is 0 Å². The van der Waals surface area contributed by atoms with Crippen LogP contribution in [0.2, 0.25) is 0 Å². The highest BCUT2D eigenvalue weighted by atomic mass is 15.3. The molecule has 1 aromatic rings. The molecule has 5 nitrogen and oxygen atoms in total. The molecule has 0 bridgehead atoms. The van der Waals surface area contributed by atoms with Crippen LogP contribution in [0.1, 0.15) is 65.4 Å². The number of hydrogen-bond donors (Lipinski definition) is 2. The normalized spacial score (nSPS) is 20.0. The first-order chi connectivity index (χ1) is 16.4. The van der Waals surface area contributed by atoms with E-state index in [4.69, 9.17) is 10.7 Å². The smallest absolute Gasteiger partial charge is 0.0646 e. The molecular weight excluding hydrogens is 418 g/mol. The molecule has 3 rings (SSSR count). The minimum atomic E-state index is 0.194. The van der Waals surface area contributed by atoms with Gasteiger partial charge in [-0.1, -0.05) is 62.0 Å². The second-order valence-electron chi connectivity index (χ2n) is 8.99. The molecule has 0 saturated carbocycles. The summed E-state index contributed by atoms with van der Waals surface area (Å²) >= 11 is 0. The highest BCUT2D eigenvalue weighted by Crippen LogP contribution is 2.31. The van der Waals surface area contributed by atoms with E-state index in [2.05, 4.69) is 67.8 Å². The predicted octanol–water partition coefficient (Wildman–Crippen LogP) is 5.92. The maximum absolute atomic E-state index is 5.69. The standard InChI is InChI=1S/C29H37N5/c1-6-7-8-15-34-20-25(18-32-34)11-14-27-16-22(3)33-29(26-12-9-21(2)10-13-26)28(24(27)5)19-31-23(4)17-30/h9-10,12,17-20,26,31H,3,6-8,13,15-16,30H2,1-2,4-5H3/b23-17+,28-19-. The fourth-order valence-electron chi connectivity index (χ4n) is 3.95. The highest BCUT2D eigenvalue weighted by molar-refractivity contribution is 6.07. The first-order valence-corrected chi connectivity index (χ1v) is 12.1. The van der Waals surface area contributed by atoms with E-state index in [0.29, 0.717) is 6.42 Å². The van der Waals surface area contributed by atoms with Crippen LogP contribution in [0.5, 0.6) is 0 Å². The third kappa shape index (κ3) is 6.74. The Morgan fingerprint density at radius 2 is 2.15 bits per heavy atom. The molecule has 1 aromatic heterocycles. The SMILES string of the molecule is C=C1CC(C#Cc2cnn(CCCCC)c2)=C(C)/C(=C/N/C(C)=C/N)C(C2C=CC(C)=CC2)=N1. The zero-order valence-corrected chi connectivity index (χ0v) is 21.0. The van der Waals surface area contributed by atoms with Crippen LogP contribution in [0.3, 0.4) is 0 Å². The fourth-order valence-corrected chi connectivity index (χ4v) is 3.95. The number of aromatic nitrogens is 2. The van der Waals surface area contributed by atoms with Crippen LogP contribution in [0.15, 0.2) is 88.3 Å². The van der Waals surface area contributed by atoms with Gasteiger partial charge in [-0.05, 0) is 39.2 Å². The van der Waals surface area contributed by atoms with Gasteiger partial charge >= 0.3 is 0 Å². The summed E-state index contributed by atoms with van der Waals surface area (Å²) in [6.45, 7) is 13.6. The van der Waals surface area contributed by atoms with Gasteiger partial charge in [0.25, 0.3) is 0 Å². The minimum Gasteiger partial charge on any atom is -0.403 e. The van der Waals surface area contributed by atoms with Crippen molar-refractivity contribution in [2.45, 2.75) is 66.3 Å². The van der Waals surface area contributed by atoms with Crippen LogP contribution >= 0.6 is 0 Å². The zero-order valence-electron chi connectivity index (χ0n) is 21.0. The molecule has 0 radical (unpaired) electrons. The Kier molecular flexibility index (Phi) is 8.93. The Morgan fingerprint density at radius 3 is 2.85 bits per heavy atom. The molecule has 0 spiro atoms. The zero-order chi connectivity index (χ0) is 24.5. The van der Waals surface area contributed by atoms with Crippen molar-refractivity contribution in [2.75, 3.05) is 0 Å². The van der Waals surface area contributed by atoms with Crippen molar-refractivity contribution in [2.24, 2.45) is 16.6 Å². The van der Waals surface area contributed by atoms with Crippen molar-refractivity contribution < 1.29 is 0 Å². The quantitative estimate of drug-likeness (QED) is 0.396. The van der Waals surface area contributed by atoms with E-state index in [0.717, 1.165) is 58.8 Å². The average Bonchev–Trinajstić information content (AvgIpc) is 3.24. The van der Waals surface area contributed by atoms with Crippen molar-refractivity contribution in [3.05, 3.63) is 88.9 Å². The molecule has 0 amide bonds. The van der Waals surface area contributed by atoms with E-state index in [1.807, 2.05) is 30.2 Å². The molecule has 1 aliphatic heterocycles. The van der Waals surface area contributed by atoms with Crippen LogP contribution in [0, 0.1) is 17.8 Å². The van der Waals surface area contributed by atoms with Crippen LogP contribution in [-0.2, 0) is 6.54 Å². The third-order valence-electron chi connectivity index (χ3n) is 6.10. The number of nitrogens with two attached hydrogens (primary N) is 1. The van der Waals surface area contributed by atoms with Gasteiger partial charge in [0.2, 0.25) is 0 Å². The first-order valence-electron chi connectivity index (χ1n) is 12.1. The predicted molar refractivity (Wildman–Crippen MR) is 143 cm³/mol. The topological polar surface area (TPSA) is 68.2 Å². The van der Waals surface area contributed by atoms with Crippen molar-refractivity contribution in [1.29, 1.82) is 0 Å². The third-order valence-corrected chi connectivity index (χ3v) is 6.10. The molecule has 5 heteroatoms. The average molecular weight is 456 g/mol. The molecule has 1 unspecified atom stereocenters. The number of nitrogens with zero attached hydrogens (tertiary/aromatic N) is 3. The molecule has 34 heavy (non-hydrogen) atoms. The molecule has 0 aromatic carbocycles. The van der Waals surface area contributed by atoms with E-state index in [1.54, 1.807) is 6.20 Å². The van der Waals surface area contributed by atoms with Gasteiger partial charge in [-0.25, -0.2) is 0 Å². The van der Waals surface area contributed by atoms with Gasteiger partial charge in [0, 0.05) is 60.0 Å². The molecular formula is C29H37N5. The van der Waals surface area contributed by atoms with E-state index in [9.17, 15) is 0 Å². The van der Waals surface area contributed by atoms with Gasteiger partial charge in [-0.3, -0.25) is 9.67 Å². The van der Waals surface area contributed by atoms with Crippen LogP contribution in [0.4, 0.5) is 0 Å². The Bertz CT molecular complexity index is 1150. The maximum Gasteiger partial charge on any atom is 0.0646 e. The summed E-state index contributed by atoms with van der Waals surface area (Å²) in [6.07, 6.45) is 19.2. The number of aliphatic imine (C=N–C) groups is 1. The second kappa shape index (κ2) is 12.1. The summed E-state index contributed by atoms with van der Waals surface area (Å²) < 4.78 is 1.98. The molecule has 2 heterocycles. The number of aryl methyl sites for hydroxylation is 1. The van der Waals surface area contributed by atoms with Crippen molar-refractivity contribution in [3.63, 3.8) is 0 Å². The molecule has 2 aliphatic rings. The van der Waals surface area contributed by atoms with Gasteiger partial charge in [0.05, 0.1) is 17.5 Å². The summed E-state index contributed by atoms with van der Waals surface area (Å²) in [6, 6.07) is 0. The number of hydrogen-bond acceptors (Lipinski definition) is 4. The Hall–Kier alpha value is -3.52. The second-order valence-corrected chi connectivity index (χ2v) is 8.99. The first kappa shape index (κ1) is 25.1. The number of nitrogens with one attached hydrogen (secondary N) is 1. The lowest BCUT2D eigenvalue weighted by Crippen LogP contribution is -2.19. The Balaban J connectivity index is 1.94. The van der Waals surface area contributed by atoms with Crippen LogP contribution in [0.25, 0.3) is 0 Å². The number of rotatable bonds is 7. The number of unbranched alkanes of at least 4 members (excludes halogenated alkanes) is 2. The van der Waals surface area contributed by atoms with Crippen molar-refractivity contribution in [3.8, 4) is 11.8 Å². The lowest BCUT2D eigenvalue weighted by molar-refractivity contribution is 0.553. The van der Waals surface area contributed by atoms with Crippen molar-refractivity contribution >= 4 is 5.71 Å². The van der Waals surface area contributed by atoms with E-state index in [1.165, 1.54) is 18.4 Å². The monoisotopic (exact) mass is 455 g/mol. The minimum absolute atomic E-state index is 0.194. The van der Waals surface area contributed by atoms with Gasteiger partial charge in [-0.2, -0.15) is 5.10 Å². The summed E-state index contributed by atoms with van der Waals surface area (Å²) in [5.74, 6) is 6.91. The van der Waals surface area contributed by atoms with Crippen LogP contribution < -0.4 is 11.1 Å². The van der Waals surface area contributed by atoms with Gasteiger partial charge < -0.3 is 11.1 Å². The van der Waals surface area contributed by atoms with E-state index < -0.39 is 0 Å². The molecule has 0 fully saturated rings. The highest BCUT2D eigenvalue weighted by Gasteiger charge is 2.24. The summed E-state index contributed by atoms with van der Waals surface area (Å²) in [4.78, 5) is 4.97.